The Hall–Kier alpha value is -3.97. The van der Waals surface area contributed by atoms with Crippen LogP contribution in [0.15, 0.2) is 79.0 Å². The maximum Gasteiger partial charge on any atom is 0.335 e. The summed E-state index contributed by atoms with van der Waals surface area (Å²) in [5.74, 6) is -0.935. The number of carboxylic acid groups (broad SMARTS) is 1. The number of aromatic nitrogens is 2. The van der Waals surface area contributed by atoms with Gasteiger partial charge in [-0.1, -0.05) is 18.2 Å². The molecule has 176 valence electrons. The van der Waals surface area contributed by atoms with E-state index in [-0.39, 0.29) is 17.6 Å². The Labute approximate surface area is 209 Å². The fourth-order valence-electron chi connectivity index (χ4n) is 4.96. The van der Waals surface area contributed by atoms with Crippen molar-refractivity contribution < 1.29 is 9.90 Å². The van der Waals surface area contributed by atoms with E-state index in [4.69, 9.17) is 12.2 Å². The number of carbonyl (C=O) groups is 1. The van der Waals surface area contributed by atoms with Gasteiger partial charge in [-0.15, -0.1) is 0 Å². The third-order valence-corrected chi connectivity index (χ3v) is 6.85. The van der Waals surface area contributed by atoms with Crippen LogP contribution in [0.2, 0.25) is 0 Å². The minimum atomic E-state index is -0.935. The Morgan fingerprint density at radius 3 is 2.40 bits per heavy atom. The number of thiocarbonyl (C=S) groups is 1. The fourth-order valence-corrected chi connectivity index (χ4v) is 5.31. The van der Waals surface area contributed by atoms with Crippen LogP contribution in [0.1, 0.15) is 50.7 Å². The van der Waals surface area contributed by atoms with Crippen molar-refractivity contribution in [1.29, 1.82) is 0 Å². The second-order valence-electron chi connectivity index (χ2n) is 8.85. The Morgan fingerprint density at radius 1 is 0.971 bits per heavy atom. The molecule has 0 saturated carbocycles. The second-order valence-corrected chi connectivity index (χ2v) is 9.24. The molecule has 6 nitrogen and oxygen atoms in total. The quantitative estimate of drug-likeness (QED) is 0.357. The van der Waals surface area contributed by atoms with Crippen molar-refractivity contribution in [3.05, 3.63) is 113 Å². The first-order valence-electron chi connectivity index (χ1n) is 11.4. The molecule has 0 radical (unpaired) electrons. The van der Waals surface area contributed by atoms with Gasteiger partial charge in [0.1, 0.15) is 0 Å². The molecular weight excluding hydrogens is 456 g/mol. The first-order valence-corrected chi connectivity index (χ1v) is 11.9. The van der Waals surface area contributed by atoms with Gasteiger partial charge < -0.3 is 19.9 Å². The van der Waals surface area contributed by atoms with E-state index >= 15 is 0 Å². The molecule has 2 aromatic carbocycles. The average Bonchev–Trinajstić information content (AvgIpc) is 3.34. The van der Waals surface area contributed by atoms with Crippen LogP contribution in [0.4, 0.5) is 5.69 Å². The number of nitrogens with zero attached hydrogens (tertiary/aromatic N) is 3. The molecule has 2 N–H and O–H groups in total. The molecule has 7 heteroatoms. The summed E-state index contributed by atoms with van der Waals surface area (Å²) in [5, 5.41) is 13.5. The molecule has 1 saturated heterocycles. The number of aryl methyl sites for hydroxylation is 2. The molecule has 3 heterocycles. The van der Waals surface area contributed by atoms with Crippen molar-refractivity contribution in [2.45, 2.75) is 32.9 Å². The van der Waals surface area contributed by atoms with Crippen LogP contribution in [-0.2, 0) is 0 Å². The van der Waals surface area contributed by atoms with Gasteiger partial charge in [-0.25, -0.2) is 4.79 Å². The van der Waals surface area contributed by atoms with Gasteiger partial charge >= 0.3 is 5.97 Å². The van der Waals surface area contributed by atoms with E-state index in [0.717, 1.165) is 39.6 Å². The molecule has 0 aliphatic carbocycles. The highest BCUT2D eigenvalue weighted by atomic mass is 32.1. The first-order chi connectivity index (χ1) is 16.8. The lowest BCUT2D eigenvalue weighted by molar-refractivity contribution is 0.0697. The van der Waals surface area contributed by atoms with Crippen molar-refractivity contribution in [2.24, 2.45) is 0 Å². The summed E-state index contributed by atoms with van der Waals surface area (Å²) in [6.07, 6.45) is 1.81. The van der Waals surface area contributed by atoms with Gasteiger partial charge in [-0.2, -0.15) is 0 Å². The van der Waals surface area contributed by atoms with Crippen LogP contribution in [0, 0.1) is 20.8 Å². The van der Waals surface area contributed by atoms with Crippen molar-refractivity contribution in [3.8, 4) is 5.69 Å². The van der Waals surface area contributed by atoms with Crippen molar-refractivity contribution in [2.75, 3.05) is 4.90 Å². The van der Waals surface area contributed by atoms with E-state index in [1.165, 1.54) is 0 Å². The van der Waals surface area contributed by atoms with Gasteiger partial charge in [0.25, 0.3) is 0 Å². The molecule has 0 spiro atoms. The minimum Gasteiger partial charge on any atom is -0.478 e. The van der Waals surface area contributed by atoms with Crippen molar-refractivity contribution >= 4 is 29.0 Å². The molecular formula is C28H26N4O2S. The van der Waals surface area contributed by atoms with Gasteiger partial charge in [-0.3, -0.25) is 4.98 Å². The van der Waals surface area contributed by atoms with Crippen molar-refractivity contribution in [1.82, 2.24) is 14.9 Å². The van der Waals surface area contributed by atoms with Gasteiger partial charge in [0, 0.05) is 29.0 Å². The average molecular weight is 483 g/mol. The van der Waals surface area contributed by atoms with E-state index in [1.54, 1.807) is 18.3 Å². The van der Waals surface area contributed by atoms with Gasteiger partial charge in [0.05, 0.1) is 23.3 Å². The standard InChI is InChI=1S/C28H26N4O2S/c1-17-7-6-8-22(15-17)32-26(25(30-28(32)35)24-9-4-5-14-29-24)23-16-18(2)31(19(23)3)21-12-10-20(11-13-21)27(33)34/h4-16,25-26H,1-3H3,(H,30,35)(H,33,34)/t25-,26-/m0/s1. The maximum absolute atomic E-state index is 11.3. The number of hydrogen-bond acceptors (Lipinski definition) is 3. The monoisotopic (exact) mass is 482 g/mol. The molecule has 0 unspecified atom stereocenters. The number of benzene rings is 2. The second kappa shape index (κ2) is 9.00. The number of nitrogens with one attached hydrogen (secondary N) is 1. The fraction of sp³-hybridized carbons (Fsp3) is 0.179. The van der Waals surface area contributed by atoms with E-state index < -0.39 is 5.97 Å². The third kappa shape index (κ3) is 4.08. The summed E-state index contributed by atoms with van der Waals surface area (Å²) >= 11 is 5.86. The molecule has 1 fully saturated rings. The summed E-state index contributed by atoms with van der Waals surface area (Å²) in [6.45, 7) is 6.24. The number of carboxylic acids is 1. The largest absolute Gasteiger partial charge is 0.478 e. The van der Waals surface area contributed by atoms with Crippen LogP contribution in [0.3, 0.4) is 0 Å². The normalized spacial score (nSPS) is 17.5. The molecule has 5 rings (SSSR count). The highest BCUT2D eigenvalue weighted by Gasteiger charge is 2.42. The summed E-state index contributed by atoms with van der Waals surface area (Å²) in [5.41, 5.74) is 7.56. The molecule has 1 aliphatic rings. The Morgan fingerprint density at radius 2 is 1.74 bits per heavy atom. The topological polar surface area (TPSA) is 70.4 Å². The predicted octanol–water partition coefficient (Wildman–Crippen LogP) is 5.67. The van der Waals surface area contributed by atoms with E-state index in [0.29, 0.717) is 5.11 Å². The Balaban J connectivity index is 1.66. The lowest BCUT2D eigenvalue weighted by Crippen LogP contribution is -2.29. The van der Waals surface area contributed by atoms with Crippen LogP contribution in [-0.4, -0.2) is 25.7 Å². The predicted molar refractivity (Wildman–Crippen MR) is 141 cm³/mol. The van der Waals surface area contributed by atoms with Crippen LogP contribution in [0.5, 0.6) is 0 Å². The molecule has 35 heavy (non-hydrogen) atoms. The number of aromatic carboxylic acids is 1. The van der Waals surface area contributed by atoms with E-state index in [9.17, 15) is 9.90 Å². The van der Waals surface area contributed by atoms with Gasteiger partial charge in [-0.05, 0) is 98.7 Å². The molecule has 1 aliphatic heterocycles. The van der Waals surface area contributed by atoms with Gasteiger partial charge in [0.2, 0.25) is 0 Å². The minimum absolute atomic E-state index is 0.113. The highest BCUT2D eigenvalue weighted by molar-refractivity contribution is 7.80. The smallest absolute Gasteiger partial charge is 0.335 e. The zero-order valence-electron chi connectivity index (χ0n) is 19.8. The molecule has 0 bridgehead atoms. The molecule has 0 amide bonds. The van der Waals surface area contributed by atoms with E-state index in [1.807, 2.05) is 36.4 Å². The molecule has 4 aromatic rings. The van der Waals surface area contributed by atoms with Crippen LogP contribution < -0.4 is 10.2 Å². The summed E-state index contributed by atoms with van der Waals surface area (Å²) in [4.78, 5) is 18.2. The summed E-state index contributed by atoms with van der Waals surface area (Å²) in [7, 11) is 0. The van der Waals surface area contributed by atoms with E-state index in [2.05, 4.69) is 64.8 Å². The zero-order chi connectivity index (χ0) is 24.7. The Bertz CT molecular complexity index is 1410. The number of pyridine rings is 1. The van der Waals surface area contributed by atoms with Crippen LogP contribution >= 0.6 is 12.2 Å². The third-order valence-electron chi connectivity index (χ3n) is 6.54. The first kappa shape index (κ1) is 22.8. The lowest BCUT2D eigenvalue weighted by atomic mass is 9.96. The number of hydrogen-bond donors (Lipinski definition) is 2. The molecule has 2 aromatic heterocycles. The molecule has 2 atom stereocenters. The highest BCUT2D eigenvalue weighted by Crippen LogP contribution is 2.43. The summed E-state index contributed by atoms with van der Waals surface area (Å²) in [6, 6.07) is 23.2. The van der Waals surface area contributed by atoms with Crippen LogP contribution in [0.25, 0.3) is 5.69 Å². The zero-order valence-corrected chi connectivity index (χ0v) is 20.6. The maximum atomic E-state index is 11.3. The van der Waals surface area contributed by atoms with Gasteiger partial charge in [0.15, 0.2) is 5.11 Å². The summed E-state index contributed by atoms with van der Waals surface area (Å²) < 4.78 is 2.16. The SMILES string of the molecule is Cc1cccc(N2C(=S)N[C@@H](c3ccccn3)[C@@H]2c2cc(C)n(-c3ccc(C(=O)O)cc3)c2C)c1. The lowest BCUT2D eigenvalue weighted by Gasteiger charge is -2.28. The number of anilines is 1. The van der Waals surface area contributed by atoms with Crippen molar-refractivity contribution in [3.63, 3.8) is 0 Å². The Kier molecular flexibility index (Phi) is 5.86. The number of rotatable bonds is 5.